The largest absolute Gasteiger partial charge is 0.491 e. The quantitative estimate of drug-likeness (QED) is 0.810. The average molecular weight is 298 g/mol. The molecule has 0 heterocycles. The van der Waals surface area contributed by atoms with Crippen LogP contribution in [0, 0.1) is 5.82 Å². The van der Waals surface area contributed by atoms with Crippen LogP contribution in [0.5, 0.6) is 5.75 Å². The van der Waals surface area contributed by atoms with Gasteiger partial charge in [-0.2, -0.15) is 11.8 Å². The van der Waals surface area contributed by atoms with Gasteiger partial charge in [-0.3, -0.25) is 0 Å². The van der Waals surface area contributed by atoms with Crippen LogP contribution in [0.4, 0.5) is 15.8 Å². The summed E-state index contributed by atoms with van der Waals surface area (Å²) in [5.41, 5.74) is 7.15. The molecule has 5 heteroatoms. The topological polar surface area (TPSA) is 47.3 Å². The van der Waals surface area contributed by atoms with Crippen LogP contribution in [-0.2, 0) is 0 Å². The predicted molar refractivity (Wildman–Crippen MR) is 85.2 cm³/mol. The Morgan fingerprint density at radius 1 is 1.40 bits per heavy atom. The van der Waals surface area contributed by atoms with Crippen molar-refractivity contribution in [3.8, 4) is 5.75 Å². The number of ether oxygens (including phenoxy) is 1. The van der Waals surface area contributed by atoms with E-state index in [1.165, 1.54) is 25.3 Å². The molecule has 0 aromatic heterocycles. The second-order valence-electron chi connectivity index (χ2n) is 5.11. The highest BCUT2D eigenvalue weighted by Crippen LogP contribution is 2.33. The van der Waals surface area contributed by atoms with Crippen molar-refractivity contribution in [3.63, 3.8) is 0 Å². The summed E-state index contributed by atoms with van der Waals surface area (Å²) in [6.07, 6.45) is 7.01. The van der Waals surface area contributed by atoms with Gasteiger partial charge in [0.05, 0.1) is 18.0 Å². The molecule has 1 aromatic carbocycles. The Balaban J connectivity index is 2.17. The van der Waals surface area contributed by atoms with Gasteiger partial charge in [0, 0.05) is 23.4 Å². The Morgan fingerprint density at radius 2 is 2.15 bits per heavy atom. The first-order valence-electron chi connectivity index (χ1n) is 7.16. The van der Waals surface area contributed by atoms with Crippen molar-refractivity contribution in [3.05, 3.63) is 17.9 Å². The zero-order chi connectivity index (χ0) is 14.5. The number of nitrogens with one attached hydrogen (secondary N) is 1. The molecule has 2 atom stereocenters. The van der Waals surface area contributed by atoms with Crippen LogP contribution in [0.2, 0.25) is 0 Å². The van der Waals surface area contributed by atoms with Crippen molar-refractivity contribution >= 4 is 23.1 Å². The van der Waals surface area contributed by atoms with Crippen molar-refractivity contribution in [2.75, 3.05) is 23.9 Å². The van der Waals surface area contributed by atoms with Gasteiger partial charge in [-0.25, -0.2) is 4.39 Å². The molecule has 3 N–H and O–H groups in total. The van der Waals surface area contributed by atoms with Crippen LogP contribution in [0.15, 0.2) is 12.1 Å². The molecule has 1 saturated carbocycles. The highest BCUT2D eigenvalue weighted by atomic mass is 32.2. The minimum absolute atomic E-state index is 0.265. The lowest BCUT2D eigenvalue weighted by Gasteiger charge is -2.32. The standard InChI is InChI=1S/C15H23FN2OS/c1-3-19-14-9-13(11(17)8-10(14)16)18-12-6-4-5-7-15(12)20-2/h8-9,12,15,18H,3-7,17H2,1-2H3. The number of thioether (sulfide) groups is 1. The normalized spacial score (nSPS) is 22.6. The van der Waals surface area contributed by atoms with Gasteiger partial charge < -0.3 is 15.8 Å². The number of hydrogen-bond donors (Lipinski definition) is 2. The van der Waals surface area contributed by atoms with E-state index in [0.29, 0.717) is 23.6 Å². The van der Waals surface area contributed by atoms with E-state index >= 15 is 0 Å². The van der Waals surface area contributed by atoms with Crippen LogP contribution in [0.25, 0.3) is 0 Å². The smallest absolute Gasteiger partial charge is 0.167 e. The number of nitrogen functional groups attached to an aromatic ring is 1. The molecule has 0 radical (unpaired) electrons. The monoisotopic (exact) mass is 298 g/mol. The average Bonchev–Trinajstić information content (AvgIpc) is 2.45. The van der Waals surface area contributed by atoms with Crippen LogP contribution in [-0.4, -0.2) is 24.2 Å². The maximum atomic E-state index is 13.7. The molecule has 2 unspecified atom stereocenters. The summed E-state index contributed by atoms with van der Waals surface area (Å²) in [7, 11) is 0. The van der Waals surface area contributed by atoms with Crippen molar-refractivity contribution in [2.45, 2.75) is 43.9 Å². The molecule has 2 rings (SSSR count). The number of halogens is 1. The molecule has 0 saturated heterocycles. The summed E-state index contributed by atoms with van der Waals surface area (Å²) in [5, 5.41) is 4.07. The second kappa shape index (κ2) is 7.07. The van der Waals surface area contributed by atoms with Gasteiger partial charge in [0.25, 0.3) is 0 Å². The lowest BCUT2D eigenvalue weighted by molar-refractivity contribution is 0.322. The van der Waals surface area contributed by atoms with E-state index < -0.39 is 5.82 Å². The highest BCUT2D eigenvalue weighted by molar-refractivity contribution is 7.99. The summed E-state index contributed by atoms with van der Waals surface area (Å²) >= 11 is 1.89. The van der Waals surface area contributed by atoms with Gasteiger partial charge in [0.15, 0.2) is 11.6 Å². The maximum Gasteiger partial charge on any atom is 0.167 e. The number of rotatable bonds is 5. The molecule has 1 aliphatic rings. The van der Waals surface area contributed by atoms with Gasteiger partial charge >= 0.3 is 0 Å². The zero-order valence-electron chi connectivity index (χ0n) is 12.1. The van der Waals surface area contributed by atoms with E-state index in [-0.39, 0.29) is 5.75 Å². The summed E-state index contributed by atoms with van der Waals surface area (Å²) in [6, 6.07) is 3.41. The van der Waals surface area contributed by atoms with Gasteiger partial charge in [0.2, 0.25) is 0 Å². The maximum absolute atomic E-state index is 13.7. The van der Waals surface area contributed by atoms with E-state index in [0.717, 1.165) is 12.1 Å². The Kier molecular flexibility index (Phi) is 5.40. The molecule has 0 amide bonds. The highest BCUT2D eigenvalue weighted by Gasteiger charge is 2.25. The summed E-state index contributed by atoms with van der Waals surface area (Å²) in [6.45, 7) is 2.28. The fraction of sp³-hybridized carbons (Fsp3) is 0.600. The predicted octanol–water partition coefficient (Wildman–Crippen LogP) is 3.89. The molecule has 0 spiro atoms. The first-order valence-corrected chi connectivity index (χ1v) is 8.45. The number of anilines is 2. The van der Waals surface area contributed by atoms with E-state index in [9.17, 15) is 4.39 Å². The number of hydrogen-bond acceptors (Lipinski definition) is 4. The van der Waals surface area contributed by atoms with Crippen molar-refractivity contribution in [2.24, 2.45) is 0 Å². The van der Waals surface area contributed by atoms with Crippen molar-refractivity contribution in [1.29, 1.82) is 0 Å². The minimum atomic E-state index is -0.403. The summed E-state index contributed by atoms with van der Waals surface area (Å²) in [5.74, 6) is -0.138. The van der Waals surface area contributed by atoms with Crippen LogP contribution in [0.3, 0.4) is 0 Å². The number of nitrogens with two attached hydrogens (primary N) is 1. The molecule has 112 valence electrons. The van der Waals surface area contributed by atoms with E-state index in [2.05, 4.69) is 11.6 Å². The minimum Gasteiger partial charge on any atom is -0.491 e. The van der Waals surface area contributed by atoms with E-state index in [1.807, 2.05) is 18.7 Å². The second-order valence-corrected chi connectivity index (χ2v) is 6.19. The van der Waals surface area contributed by atoms with Crippen molar-refractivity contribution in [1.82, 2.24) is 0 Å². The Labute approximate surface area is 124 Å². The number of benzene rings is 1. The molecule has 1 aromatic rings. The summed E-state index contributed by atoms with van der Waals surface area (Å²) in [4.78, 5) is 0. The third kappa shape index (κ3) is 3.51. The molecule has 3 nitrogen and oxygen atoms in total. The van der Waals surface area contributed by atoms with Crippen LogP contribution in [0.1, 0.15) is 32.6 Å². The Morgan fingerprint density at radius 3 is 2.85 bits per heavy atom. The lowest BCUT2D eigenvalue weighted by Crippen LogP contribution is -2.34. The first-order chi connectivity index (χ1) is 9.65. The Hall–Kier alpha value is -1.10. The molecule has 1 aliphatic carbocycles. The van der Waals surface area contributed by atoms with E-state index in [4.69, 9.17) is 10.5 Å². The van der Waals surface area contributed by atoms with Gasteiger partial charge in [-0.15, -0.1) is 0 Å². The third-order valence-electron chi connectivity index (χ3n) is 3.75. The van der Waals surface area contributed by atoms with Gasteiger partial charge in [-0.05, 0) is 26.0 Å². The fourth-order valence-electron chi connectivity index (χ4n) is 2.70. The molecule has 0 aliphatic heterocycles. The van der Waals surface area contributed by atoms with Crippen molar-refractivity contribution < 1.29 is 9.13 Å². The first kappa shape index (κ1) is 15.3. The fourth-order valence-corrected chi connectivity index (χ4v) is 3.64. The SMILES string of the molecule is CCOc1cc(NC2CCCCC2SC)c(N)cc1F. The molecule has 20 heavy (non-hydrogen) atoms. The van der Waals surface area contributed by atoms with Gasteiger partial charge in [-0.1, -0.05) is 12.8 Å². The van der Waals surface area contributed by atoms with Crippen LogP contribution < -0.4 is 15.8 Å². The molecular weight excluding hydrogens is 275 g/mol. The zero-order valence-corrected chi connectivity index (χ0v) is 12.9. The van der Waals surface area contributed by atoms with Gasteiger partial charge in [0.1, 0.15) is 0 Å². The Bertz CT molecular complexity index is 456. The van der Waals surface area contributed by atoms with Crippen LogP contribution >= 0.6 is 11.8 Å². The molecule has 1 fully saturated rings. The van der Waals surface area contributed by atoms with E-state index in [1.54, 1.807) is 6.07 Å². The molecule has 0 bridgehead atoms. The third-order valence-corrected chi connectivity index (χ3v) is 4.92. The molecular formula is C15H23FN2OS. The lowest BCUT2D eigenvalue weighted by atomic mass is 9.94. The summed E-state index contributed by atoms with van der Waals surface area (Å²) < 4.78 is 19.0.